The average Bonchev–Trinajstić information content (AvgIpc) is 3.08. The first kappa shape index (κ1) is 12.3. The molecule has 2 N–H and O–H groups in total. The third kappa shape index (κ3) is 2.04. The van der Waals surface area contributed by atoms with Gasteiger partial charge in [0.05, 0.1) is 10.4 Å². The number of H-pyrrole nitrogens is 1. The van der Waals surface area contributed by atoms with Gasteiger partial charge in [0.15, 0.2) is 11.5 Å². The molecule has 0 aliphatic heterocycles. The molecule has 4 nitrogen and oxygen atoms in total. The lowest BCUT2D eigenvalue weighted by Gasteiger charge is -1.95. The number of aromatic nitrogens is 3. The van der Waals surface area contributed by atoms with Gasteiger partial charge in [0.1, 0.15) is 11.6 Å². The number of thiophene rings is 1. The zero-order chi connectivity index (χ0) is 14.4. The lowest BCUT2D eigenvalue weighted by atomic mass is 10.2. The van der Waals surface area contributed by atoms with Crippen molar-refractivity contribution in [2.24, 2.45) is 0 Å². The van der Waals surface area contributed by atoms with E-state index in [1.807, 2.05) is 25.2 Å². The summed E-state index contributed by atoms with van der Waals surface area (Å²) in [5.74, 6) is 1.31. The van der Waals surface area contributed by atoms with Gasteiger partial charge in [-0.15, -0.1) is 11.3 Å². The molecular formula is C15H11FN4S. The van der Waals surface area contributed by atoms with E-state index in [0.29, 0.717) is 5.65 Å². The number of fused-ring (bicyclic) bond motifs is 2. The molecule has 104 valence electrons. The summed E-state index contributed by atoms with van der Waals surface area (Å²) in [5.41, 5.74) is 1.55. The van der Waals surface area contributed by atoms with Gasteiger partial charge in [-0.3, -0.25) is 0 Å². The molecule has 3 heterocycles. The van der Waals surface area contributed by atoms with Crippen LogP contribution in [0.25, 0.3) is 32.0 Å². The SMILES string of the molecule is CNc1ccc2[nH]c(-c3cc4ccc(F)cc4s3)nc2n1. The Bertz CT molecular complexity index is 957. The van der Waals surface area contributed by atoms with E-state index in [-0.39, 0.29) is 5.82 Å². The minimum absolute atomic E-state index is 0.221. The Balaban J connectivity index is 1.87. The molecule has 1 aromatic carbocycles. The van der Waals surface area contributed by atoms with Crippen molar-refractivity contribution in [3.05, 3.63) is 42.2 Å². The number of anilines is 1. The molecule has 0 amide bonds. The number of imidazole rings is 1. The van der Waals surface area contributed by atoms with Crippen molar-refractivity contribution in [3.8, 4) is 10.7 Å². The molecule has 0 unspecified atom stereocenters. The van der Waals surface area contributed by atoms with Crippen molar-refractivity contribution < 1.29 is 4.39 Å². The van der Waals surface area contributed by atoms with Crippen molar-refractivity contribution in [3.63, 3.8) is 0 Å². The maximum Gasteiger partial charge on any atom is 0.180 e. The van der Waals surface area contributed by atoms with Crippen LogP contribution in [0.5, 0.6) is 0 Å². The maximum absolute atomic E-state index is 13.3. The first-order chi connectivity index (χ1) is 10.2. The minimum Gasteiger partial charge on any atom is -0.373 e. The molecule has 6 heteroatoms. The molecule has 21 heavy (non-hydrogen) atoms. The van der Waals surface area contributed by atoms with Gasteiger partial charge < -0.3 is 10.3 Å². The van der Waals surface area contributed by atoms with Gasteiger partial charge in [0.2, 0.25) is 0 Å². The second kappa shape index (κ2) is 4.53. The van der Waals surface area contributed by atoms with Gasteiger partial charge in [-0.05, 0) is 35.7 Å². The van der Waals surface area contributed by atoms with Crippen LogP contribution < -0.4 is 5.32 Å². The van der Waals surface area contributed by atoms with E-state index >= 15 is 0 Å². The van der Waals surface area contributed by atoms with Crippen molar-refractivity contribution in [2.45, 2.75) is 0 Å². The van der Waals surface area contributed by atoms with Crippen LogP contribution in [0.1, 0.15) is 0 Å². The molecule has 4 aromatic rings. The molecule has 3 aromatic heterocycles. The summed E-state index contributed by atoms with van der Waals surface area (Å²) in [6.07, 6.45) is 0. The number of aromatic amines is 1. The lowest BCUT2D eigenvalue weighted by Crippen LogP contribution is -1.91. The van der Waals surface area contributed by atoms with Crippen LogP contribution in [0, 0.1) is 5.82 Å². The Labute approximate surface area is 123 Å². The highest BCUT2D eigenvalue weighted by Gasteiger charge is 2.10. The van der Waals surface area contributed by atoms with E-state index in [4.69, 9.17) is 0 Å². The number of benzene rings is 1. The normalized spacial score (nSPS) is 11.3. The molecule has 0 aliphatic rings. The number of rotatable bonds is 2. The zero-order valence-electron chi connectivity index (χ0n) is 11.1. The van der Waals surface area contributed by atoms with Gasteiger partial charge >= 0.3 is 0 Å². The van der Waals surface area contributed by atoms with Gasteiger partial charge in [-0.25, -0.2) is 14.4 Å². The summed E-state index contributed by atoms with van der Waals surface area (Å²) in [6.45, 7) is 0. The van der Waals surface area contributed by atoms with Gasteiger partial charge in [-0.1, -0.05) is 6.07 Å². The Morgan fingerprint density at radius 1 is 1.14 bits per heavy atom. The maximum atomic E-state index is 13.3. The Hall–Kier alpha value is -2.47. The molecule has 0 radical (unpaired) electrons. The monoisotopic (exact) mass is 298 g/mol. The highest BCUT2D eigenvalue weighted by atomic mass is 32.1. The highest BCUT2D eigenvalue weighted by molar-refractivity contribution is 7.22. The van der Waals surface area contributed by atoms with Crippen molar-refractivity contribution in [1.29, 1.82) is 0 Å². The van der Waals surface area contributed by atoms with Gasteiger partial charge in [0, 0.05) is 11.7 Å². The number of hydrogen-bond donors (Lipinski definition) is 2. The summed E-state index contributed by atoms with van der Waals surface area (Å²) in [5, 5.41) is 4.01. The van der Waals surface area contributed by atoms with Crippen molar-refractivity contribution in [1.82, 2.24) is 15.0 Å². The predicted octanol–water partition coefficient (Wildman–Crippen LogP) is 4.02. The second-order valence-electron chi connectivity index (χ2n) is 4.70. The number of halogens is 1. The molecule has 4 rings (SSSR count). The van der Waals surface area contributed by atoms with Crippen molar-refractivity contribution in [2.75, 3.05) is 12.4 Å². The van der Waals surface area contributed by atoms with Crippen LogP contribution >= 0.6 is 11.3 Å². The fraction of sp³-hybridized carbons (Fsp3) is 0.0667. The van der Waals surface area contributed by atoms with Crippen LogP contribution in [0.3, 0.4) is 0 Å². The van der Waals surface area contributed by atoms with Crippen LogP contribution in [-0.4, -0.2) is 22.0 Å². The fourth-order valence-electron chi connectivity index (χ4n) is 2.27. The van der Waals surface area contributed by atoms with E-state index in [0.717, 1.165) is 32.1 Å². The van der Waals surface area contributed by atoms with E-state index in [2.05, 4.69) is 20.3 Å². The van der Waals surface area contributed by atoms with Crippen LogP contribution in [-0.2, 0) is 0 Å². The van der Waals surface area contributed by atoms with Crippen LogP contribution in [0.15, 0.2) is 36.4 Å². The molecule has 0 saturated heterocycles. The first-order valence-corrected chi connectivity index (χ1v) is 7.28. The fourth-order valence-corrected chi connectivity index (χ4v) is 3.30. The first-order valence-electron chi connectivity index (χ1n) is 6.47. The van der Waals surface area contributed by atoms with E-state index < -0.39 is 0 Å². The van der Waals surface area contributed by atoms with E-state index in [9.17, 15) is 4.39 Å². The van der Waals surface area contributed by atoms with Gasteiger partial charge in [0.25, 0.3) is 0 Å². The number of nitrogens with one attached hydrogen (secondary N) is 2. The number of hydrogen-bond acceptors (Lipinski definition) is 4. The summed E-state index contributed by atoms with van der Waals surface area (Å²) in [4.78, 5) is 13.1. The zero-order valence-corrected chi connectivity index (χ0v) is 12.0. The third-order valence-electron chi connectivity index (χ3n) is 3.32. The Kier molecular flexibility index (Phi) is 2.65. The largest absolute Gasteiger partial charge is 0.373 e. The van der Waals surface area contributed by atoms with Gasteiger partial charge in [-0.2, -0.15) is 0 Å². The van der Waals surface area contributed by atoms with Crippen molar-refractivity contribution >= 4 is 38.4 Å². The molecule has 0 spiro atoms. The molecule has 0 atom stereocenters. The van der Waals surface area contributed by atoms with E-state index in [1.54, 1.807) is 12.1 Å². The summed E-state index contributed by atoms with van der Waals surface area (Å²) >= 11 is 1.51. The molecule has 0 fully saturated rings. The predicted molar refractivity (Wildman–Crippen MR) is 84.2 cm³/mol. The smallest absolute Gasteiger partial charge is 0.180 e. The summed E-state index contributed by atoms with van der Waals surface area (Å²) in [7, 11) is 1.82. The summed E-state index contributed by atoms with van der Waals surface area (Å²) < 4.78 is 14.2. The topological polar surface area (TPSA) is 53.6 Å². The molecule has 0 saturated carbocycles. The highest BCUT2D eigenvalue weighted by Crippen LogP contribution is 2.33. The Morgan fingerprint density at radius 2 is 2.05 bits per heavy atom. The second-order valence-corrected chi connectivity index (χ2v) is 5.78. The summed E-state index contributed by atoms with van der Waals surface area (Å²) in [6, 6.07) is 10.6. The number of nitrogens with zero attached hydrogens (tertiary/aromatic N) is 2. The number of pyridine rings is 1. The lowest BCUT2D eigenvalue weighted by molar-refractivity contribution is 0.630. The molecule has 0 aliphatic carbocycles. The van der Waals surface area contributed by atoms with Crippen LogP contribution in [0.2, 0.25) is 0 Å². The quantitative estimate of drug-likeness (QED) is 0.587. The molecular weight excluding hydrogens is 287 g/mol. The Morgan fingerprint density at radius 3 is 2.90 bits per heavy atom. The molecule has 0 bridgehead atoms. The van der Waals surface area contributed by atoms with E-state index in [1.165, 1.54) is 17.4 Å². The average molecular weight is 298 g/mol. The minimum atomic E-state index is -0.221. The third-order valence-corrected chi connectivity index (χ3v) is 4.42. The standard InChI is InChI=1S/C15H11FN4S/c1-17-13-5-4-10-14(19-13)20-15(18-10)12-6-8-2-3-9(16)7-11(8)21-12/h2-7H,1H3,(H2,17,18,19,20). The van der Waals surface area contributed by atoms with Crippen LogP contribution in [0.4, 0.5) is 10.2 Å².